The molecule has 0 bridgehead atoms. The van der Waals surface area contributed by atoms with Gasteiger partial charge >= 0.3 is 12.4 Å². The van der Waals surface area contributed by atoms with Gasteiger partial charge in [-0.2, -0.15) is 26.3 Å². The highest BCUT2D eigenvalue weighted by Gasteiger charge is 2.56. The molecule has 0 rings (SSSR count). The molecule has 1 N–H and O–H groups in total. The number of halogens is 7. The summed E-state index contributed by atoms with van der Waals surface area (Å²) in [6, 6.07) is 0. The van der Waals surface area contributed by atoms with E-state index in [4.69, 9.17) is 0 Å². The summed E-state index contributed by atoms with van der Waals surface area (Å²) >= 11 is 0. The van der Waals surface area contributed by atoms with Gasteiger partial charge < -0.3 is 4.90 Å². The van der Waals surface area contributed by atoms with Crippen molar-refractivity contribution in [3.63, 3.8) is 0 Å². The second kappa shape index (κ2) is 10.2. The van der Waals surface area contributed by atoms with Crippen LogP contribution in [-0.4, -0.2) is 64.3 Å². The topological polar surface area (TPSA) is 49.4 Å². The third-order valence-electron chi connectivity index (χ3n) is 4.00. The Morgan fingerprint density at radius 2 is 1.52 bits per heavy atom. The molecule has 0 aliphatic carbocycles. The molecule has 0 saturated heterocycles. The number of hydrogen-bond acceptors (Lipinski definition) is 3. The minimum Gasteiger partial charge on any atom is -0.309 e. The number of alkyl halides is 7. The summed E-state index contributed by atoms with van der Waals surface area (Å²) in [5.41, 5.74) is -3.97. The molecule has 0 aliphatic heterocycles. The van der Waals surface area contributed by atoms with Crippen LogP contribution in [-0.2, 0) is 10.0 Å². The Hall–Kier alpha value is -0.620. The average molecular weight is 432 g/mol. The van der Waals surface area contributed by atoms with Gasteiger partial charge in [0, 0.05) is 13.0 Å². The van der Waals surface area contributed by atoms with E-state index in [-0.39, 0.29) is 26.3 Å². The van der Waals surface area contributed by atoms with Crippen LogP contribution in [0, 0.1) is 5.92 Å². The van der Waals surface area contributed by atoms with Crippen molar-refractivity contribution >= 4 is 10.0 Å². The highest BCUT2D eigenvalue weighted by Crippen LogP contribution is 2.44. The van der Waals surface area contributed by atoms with Crippen molar-refractivity contribution in [3.05, 3.63) is 0 Å². The number of unbranched alkanes of at least 4 members (excludes halogenated alkanes) is 1. The zero-order valence-electron chi connectivity index (χ0n) is 15.6. The second-order valence-electron chi connectivity index (χ2n) is 7.00. The van der Waals surface area contributed by atoms with Gasteiger partial charge in [-0.1, -0.05) is 6.42 Å². The van der Waals surface area contributed by atoms with E-state index in [1.54, 1.807) is 0 Å². The van der Waals surface area contributed by atoms with Gasteiger partial charge in [0.2, 0.25) is 15.7 Å². The lowest BCUT2D eigenvalue weighted by Crippen LogP contribution is -2.42. The van der Waals surface area contributed by atoms with E-state index in [0.29, 0.717) is 13.0 Å². The maximum atomic E-state index is 13.6. The lowest BCUT2D eigenvalue weighted by atomic mass is 9.88. The summed E-state index contributed by atoms with van der Waals surface area (Å²) in [6.07, 6.45) is -12.8. The smallest absolute Gasteiger partial charge is 0.309 e. The number of rotatable bonds is 12. The molecule has 0 aromatic heterocycles. The lowest BCUT2D eigenvalue weighted by Gasteiger charge is -2.29. The first-order valence-electron chi connectivity index (χ1n) is 8.42. The SMILES string of the molecule is CN(C)CCCNS(=O)(=O)CCCCC(CC(C)(F)C(F)(F)F)C(F)(F)F. The summed E-state index contributed by atoms with van der Waals surface area (Å²) in [7, 11) is -0.0506. The molecular formula is C15H27F7N2O2S. The van der Waals surface area contributed by atoms with Crippen LogP contribution in [0.3, 0.4) is 0 Å². The summed E-state index contributed by atoms with van der Waals surface area (Å²) in [5, 5.41) is 0. The highest BCUT2D eigenvalue weighted by molar-refractivity contribution is 7.89. The number of hydrogen-bond donors (Lipinski definition) is 1. The van der Waals surface area contributed by atoms with Crippen molar-refractivity contribution in [1.29, 1.82) is 0 Å². The van der Waals surface area contributed by atoms with E-state index >= 15 is 0 Å². The van der Waals surface area contributed by atoms with Gasteiger partial charge in [-0.25, -0.2) is 17.5 Å². The van der Waals surface area contributed by atoms with Gasteiger partial charge in [0.05, 0.1) is 11.7 Å². The second-order valence-corrected chi connectivity index (χ2v) is 8.93. The van der Waals surface area contributed by atoms with Crippen LogP contribution in [0.2, 0.25) is 0 Å². The molecule has 0 saturated carbocycles. The summed E-state index contributed by atoms with van der Waals surface area (Å²) in [6.45, 7) is 0.905. The zero-order chi connectivity index (χ0) is 21.5. The Bertz CT molecular complexity index is 531. The van der Waals surface area contributed by atoms with Crippen molar-refractivity contribution in [2.24, 2.45) is 5.92 Å². The van der Waals surface area contributed by atoms with Gasteiger partial charge in [-0.3, -0.25) is 0 Å². The first-order chi connectivity index (χ1) is 12.0. The van der Waals surface area contributed by atoms with E-state index in [2.05, 4.69) is 4.72 Å². The van der Waals surface area contributed by atoms with Crippen LogP contribution in [0.25, 0.3) is 0 Å². The van der Waals surface area contributed by atoms with E-state index < -0.39 is 52.6 Å². The lowest BCUT2D eigenvalue weighted by molar-refractivity contribution is -0.248. The van der Waals surface area contributed by atoms with Crippen molar-refractivity contribution in [2.75, 3.05) is 32.9 Å². The molecule has 0 aromatic carbocycles. The first kappa shape index (κ1) is 26.4. The van der Waals surface area contributed by atoms with E-state index in [1.165, 1.54) is 0 Å². The molecule has 27 heavy (non-hydrogen) atoms. The molecule has 12 heteroatoms. The molecule has 2 atom stereocenters. The van der Waals surface area contributed by atoms with Gasteiger partial charge in [0.15, 0.2) is 0 Å². The van der Waals surface area contributed by atoms with E-state index in [0.717, 1.165) is 0 Å². The predicted molar refractivity (Wildman–Crippen MR) is 88.5 cm³/mol. The fraction of sp³-hybridized carbons (Fsp3) is 1.00. The molecule has 2 unspecified atom stereocenters. The molecule has 0 radical (unpaired) electrons. The van der Waals surface area contributed by atoms with Gasteiger partial charge in [0.1, 0.15) is 0 Å². The van der Waals surface area contributed by atoms with Crippen molar-refractivity contribution in [3.8, 4) is 0 Å². The summed E-state index contributed by atoms with van der Waals surface area (Å²) in [5.74, 6) is -2.93. The number of sulfonamides is 1. The maximum Gasteiger partial charge on any atom is 0.422 e. The molecular weight excluding hydrogens is 405 g/mol. The molecule has 0 spiro atoms. The zero-order valence-corrected chi connectivity index (χ0v) is 16.4. The highest BCUT2D eigenvalue weighted by atomic mass is 32.2. The Balaban J connectivity index is 4.51. The standard InChI is InChI=1S/C15H27F7N2O2S/c1-13(16,15(20,21)22)11-12(14(17,18)19)7-4-5-10-27(25,26)23-8-6-9-24(2)3/h12,23H,4-11H2,1-3H3. The van der Waals surface area contributed by atoms with Crippen molar-refractivity contribution < 1.29 is 39.2 Å². The van der Waals surface area contributed by atoms with E-state index in [9.17, 15) is 39.2 Å². The van der Waals surface area contributed by atoms with Crippen molar-refractivity contribution in [2.45, 2.75) is 57.0 Å². The van der Waals surface area contributed by atoms with Crippen LogP contribution in [0.4, 0.5) is 30.7 Å². The van der Waals surface area contributed by atoms with Crippen LogP contribution in [0.15, 0.2) is 0 Å². The van der Waals surface area contributed by atoms with Crippen molar-refractivity contribution in [1.82, 2.24) is 9.62 Å². The number of nitrogens with zero attached hydrogens (tertiary/aromatic N) is 1. The molecule has 0 fully saturated rings. The quantitative estimate of drug-likeness (QED) is 0.376. The fourth-order valence-electron chi connectivity index (χ4n) is 2.34. The molecule has 0 amide bonds. The molecule has 0 heterocycles. The van der Waals surface area contributed by atoms with Crippen LogP contribution in [0.1, 0.15) is 39.0 Å². The van der Waals surface area contributed by atoms with Gasteiger partial charge in [-0.05, 0) is 46.8 Å². The molecule has 0 aromatic rings. The molecule has 0 aliphatic rings. The van der Waals surface area contributed by atoms with Gasteiger partial charge in [-0.15, -0.1) is 0 Å². The fourth-order valence-corrected chi connectivity index (χ4v) is 3.52. The Morgan fingerprint density at radius 3 is 1.96 bits per heavy atom. The maximum absolute atomic E-state index is 13.6. The first-order valence-corrected chi connectivity index (χ1v) is 10.1. The predicted octanol–water partition coefficient (Wildman–Crippen LogP) is 3.89. The van der Waals surface area contributed by atoms with E-state index in [1.807, 2.05) is 19.0 Å². The third-order valence-corrected chi connectivity index (χ3v) is 5.47. The molecule has 164 valence electrons. The Morgan fingerprint density at radius 1 is 0.963 bits per heavy atom. The van der Waals surface area contributed by atoms with Gasteiger partial charge in [0.25, 0.3) is 0 Å². The monoisotopic (exact) mass is 432 g/mol. The van der Waals surface area contributed by atoms with Crippen LogP contribution >= 0.6 is 0 Å². The average Bonchev–Trinajstić information content (AvgIpc) is 2.44. The summed E-state index contributed by atoms with van der Waals surface area (Å²) in [4.78, 5) is 1.85. The molecule has 4 nitrogen and oxygen atoms in total. The Kier molecular flexibility index (Phi) is 10.0. The minimum atomic E-state index is -5.41. The largest absolute Gasteiger partial charge is 0.422 e. The number of nitrogens with one attached hydrogen (secondary N) is 1. The third kappa shape index (κ3) is 11.1. The van der Waals surface area contributed by atoms with Crippen LogP contribution < -0.4 is 4.72 Å². The minimum absolute atomic E-state index is 0.0772. The van der Waals surface area contributed by atoms with Crippen LogP contribution in [0.5, 0.6) is 0 Å². The normalized spacial score (nSPS) is 17.1. The Labute approximate surface area is 155 Å². The summed E-state index contributed by atoms with van der Waals surface area (Å²) < 4.78 is 115.